The second kappa shape index (κ2) is 9.10. The summed E-state index contributed by atoms with van der Waals surface area (Å²) in [6, 6.07) is 15.9. The van der Waals surface area contributed by atoms with Crippen molar-refractivity contribution in [2.24, 2.45) is 0 Å². The molecular weight excluding hydrogens is 310 g/mol. The zero-order chi connectivity index (χ0) is 16.5. The molecule has 0 saturated heterocycles. The van der Waals surface area contributed by atoms with Crippen molar-refractivity contribution in [3.8, 4) is 11.5 Å². The molecule has 0 radical (unpaired) electrons. The lowest BCUT2D eigenvalue weighted by Gasteiger charge is -2.18. The van der Waals surface area contributed by atoms with E-state index in [1.165, 1.54) is 4.90 Å². The van der Waals surface area contributed by atoms with Gasteiger partial charge in [-0.05, 0) is 29.8 Å². The summed E-state index contributed by atoms with van der Waals surface area (Å²) in [4.78, 5) is 14.3. The van der Waals surface area contributed by atoms with Crippen LogP contribution >= 0.6 is 11.8 Å². The number of thioether (sulfide) groups is 1. The van der Waals surface area contributed by atoms with E-state index in [1.54, 1.807) is 30.9 Å². The van der Waals surface area contributed by atoms with Crippen molar-refractivity contribution < 1.29 is 14.3 Å². The van der Waals surface area contributed by atoms with Crippen molar-refractivity contribution in [2.75, 3.05) is 26.5 Å². The Kier molecular flexibility index (Phi) is 6.81. The van der Waals surface area contributed by atoms with Crippen LogP contribution in [0.15, 0.2) is 53.4 Å². The van der Waals surface area contributed by atoms with Crippen LogP contribution in [0.3, 0.4) is 0 Å². The minimum atomic E-state index is 0.555. The number of amides is 1. The molecular formula is C18H21NO3S. The zero-order valence-electron chi connectivity index (χ0n) is 13.4. The lowest BCUT2D eigenvalue weighted by atomic mass is 10.2. The second-order valence-electron chi connectivity index (χ2n) is 4.93. The van der Waals surface area contributed by atoms with E-state index in [9.17, 15) is 4.79 Å². The van der Waals surface area contributed by atoms with Gasteiger partial charge in [-0.2, -0.15) is 0 Å². The van der Waals surface area contributed by atoms with Crippen molar-refractivity contribution in [3.05, 3.63) is 54.1 Å². The van der Waals surface area contributed by atoms with Gasteiger partial charge in [-0.1, -0.05) is 24.3 Å². The molecule has 23 heavy (non-hydrogen) atoms. The van der Waals surface area contributed by atoms with E-state index in [-0.39, 0.29) is 0 Å². The Hall–Kier alpha value is -2.14. The first kappa shape index (κ1) is 17.2. The predicted molar refractivity (Wildman–Crippen MR) is 93.2 cm³/mol. The normalized spacial score (nSPS) is 10.2. The number of methoxy groups -OCH3 is 2. The molecule has 4 nitrogen and oxygen atoms in total. The number of carbonyl (C=O) groups is 1. The smallest absolute Gasteiger partial charge is 0.210 e. The highest BCUT2D eigenvalue weighted by Crippen LogP contribution is 2.28. The molecule has 5 heteroatoms. The Labute approximate surface area is 141 Å². The average Bonchev–Trinajstić information content (AvgIpc) is 2.61. The van der Waals surface area contributed by atoms with Gasteiger partial charge in [-0.25, -0.2) is 0 Å². The highest BCUT2D eigenvalue weighted by molar-refractivity contribution is 7.99. The monoisotopic (exact) mass is 331 g/mol. The van der Waals surface area contributed by atoms with Crippen LogP contribution < -0.4 is 9.47 Å². The lowest BCUT2D eigenvalue weighted by molar-refractivity contribution is -0.118. The van der Waals surface area contributed by atoms with Crippen LogP contribution in [0.2, 0.25) is 0 Å². The molecule has 0 aliphatic rings. The minimum Gasteiger partial charge on any atom is -0.493 e. The molecule has 0 atom stereocenters. The summed E-state index contributed by atoms with van der Waals surface area (Å²) in [6.07, 6.45) is 0.891. The average molecular weight is 331 g/mol. The molecule has 2 aromatic carbocycles. The molecule has 0 spiro atoms. The SMILES string of the molecule is COc1ccc(CN(C=O)CCSc2ccccc2)cc1OC. The molecule has 1 amide bonds. The van der Waals surface area contributed by atoms with Crippen molar-refractivity contribution >= 4 is 18.2 Å². The van der Waals surface area contributed by atoms with E-state index in [0.29, 0.717) is 24.6 Å². The van der Waals surface area contributed by atoms with Gasteiger partial charge in [0.2, 0.25) is 6.41 Å². The standard InChI is InChI=1S/C18H21NO3S/c1-21-17-9-8-15(12-18(17)22-2)13-19(14-20)10-11-23-16-6-4-3-5-7-16/h3-9,12,14H,10-11,13H2,1-2H3. The molecule has 2 aromatic rings. The molecule has 0 aromatic heterocycles. The summed E-state index contributed by atoms with van der Waals surface area (Å²) < 4.78 is 10.5. The molecule has 0 N–H and O–H groups in total. The van der Waals surface area contributed by atoms with Gasteiger partial charge in [0.25, 0.3) is 0 Å². The Morgan fingerprint density at radius 2 is 1.78 bits per heavy atom. The van der Waals surface area contributed by atoms with Gasteiger partial charge in [0.15, 0.2) is 11.5 Å². The van der Waals surface area contributed by atoms with Crippen molar-refractivity contribution in [2.45, 2.75) is 11.4 Å². The number of benzene rings is 2. The van der Waals surface area contributed by atoms with E-state index in [2.05, 4.69) is 12.1 Å². The summed E-state index contributed by atoms with van der Waals surface area (Å²) in [5.41, 5.74) is 1.01. The summed E-state index contributed by atoms with van der Waals surface area (Å²) in [7, 11) is 3.21. The number of nitrogens with zero attached hydrogens (tertiary/aromatic N) is 1. The van der Waals surface area contributed by atoms with Crippen LogP contribution in [0, 0.1) is 0 Å². The maximum atomic E-state index is 11.3. The number of carbonyl (C=O) groups excluding carboxylic acids is 1. The van der Waals surface area contributed by atoms with E-state index >= 15 is 0 Å². The van der Waals surface area contributed by atoms with Gasteiger partial charge in [0.1, 0.15) is 0 Å². The first-order valence-corrected chi connectivity index (χ1v) is 8.33. The summed E-state index contributed by atoms with van der Waals surface area (Å²) in [6.45, 7) is 1.25. The number of hydrogen-bond acceptors (Lipinski definition) is 4. The van der Waals surface area contributed by atoms with E-state index < -0.39 is 0 Å². The predicted octanol–water partition coefficient (Wildman–Crippen LogP) is 3.45. The van der Waals surface area contributed by atoms with Crippen LogP contribution in [0.25, 0.3) is 0 Å². The van der Waals surface area contributed by atoms with Crippen LogP contribution in [0.1, 0.15) is 5.56 Å². The van der Waals surface area contributed by atoms with Crippen molar-refractivity contribution in [1.29, 1.82) is 0 Å². The van der Waals surface area contributed by atoms with Crippen molar-refractivity contribution in [3.63, 3.8) is 0 Å². The summed E-state index contributed by atoms with van der Waals surface area (Å²) in [5.74, 6) is 2.22. The fourth-order valence-electron chi connectivity index (χ4n) is 2.18. The minimum absolute atomic E-state index is 0.555. The second-order valence-corrected chi connectivity index (χ2v) is 6.10. The largest absolute Gasteiger partial charge is 0.493 e. The summed E-state index contributed by atoms with van der Waals surface area (Å²) in [5, 5.41) is 0. The van der Waals surface area contributed by atoms with Crippen LogP contribution in [-0.4, -0.2) is 37.8 Å². The third kappa shape index (κ3) is 5.21. The van der Waals surface area contributed by atoms with Crippen LogP contribution in [0.4, 0.5) is 0 Å². The van der Waals surface area contributed by atoms with Crippen molar-refractivity contribution in [1.82, 2.24) is 4.90 Å². The Bertz CT molecular complexity index is 619. The van der Waals surface area contributed by atoms with E-state index in [0.717, 1.165) is 17.7 Å². The zero-order valence-corrected chi connectivity index (χ0v) is 14.2. The first-order chi connectivity index (χ1) is 11.3. The number of rotatable bonds is 9. The van der Waals surface area contributed by atoms with Crippen LogP contribution in [-0.2, 0) is 11.3 Å². The fraction of sp³-hybridized carbons (Fsp3) is 0.278. The Morgan fingerprint density at radius 1 is 1.04 bits per heavy atom. The third-order valence-corrected chi connectivity index (χ3v) is 4.37. The van der Waals surface area contributed by atoms with Gasteiger partial charge in [0.05, 0.1) is 14.2 Å². The number of hydrogen-bond donors (Lipinski definition) is 0. The topological polar surface area (TPSA) is 38.8 Å². The lowest BCUT2D eigenvalue weighted by Crippen LogP contribution is -2.24. The van der Waals surface area contributed by atoms with Gasteiger partial charge in [-0.3, -0.25) is 4.79 Å². The molecule has 0 unspecified atom stereocenters. The molecule has 0 aliphatic heterocycles. The maximum absolute atomic E-state index is 11.3. The van der Waals surface area contributed by atoms with E-state index in [1.807, 2.05) is 36.4 Å². The molecule has 0 bridgehead atoms. The van der Waals surface area contributed by atoms with E-state index in [4.69, 9.17) is 9.47 Å². The number of ether oxygens (including phenoxy) is 2. The Morgan fingerprint density at radius 3 is 2.43 bits per heavy atom. The van der Waals surface area contributed by atoms with Gasteiger partial charge >= 0.3 is 0 Å². The molecule has 2 rings (SSSR count). The molecule has 0 aliphatic carbocycles. The molecule has 122 valence electrons. The third-order valence-electron chi connectivity index (χ3n) is 3.37. The highest BCUT2D eigenvalue weighted by Gasteiger charge is 2.08. The van der Waals surface area contributed by atoms with Crippen LogP contribution in [0.5, 0.6) is 11.5 Å². The van der Waals surface area contributed by atoms with Gasteiger partial charge < -0.3 is 14.4 Å². The molecule has 0 fully saturated rings. The quantitative estimate of drug-likeness (QED) is 0.521. The Balaban J connectivity index is 1.90. The summed E-state index contributed by atoms with van der Waals surface area (Å²) >= 11 is 1.74. The van der Waals surface area contributed by atoms with Gasteiger partial charge in [-0.15, -0.1) is 11.8 Å². The molecule has 0 saturated carbocycles. The first-order valence-electron chi connectivity index (χ1n) is 7.35. The highest BCUT2D eigenvalue weighted by atomic mass is 32.2. The fourth-order valence-corrected chi connectivity index (χ4v) is 3.09. The maximum Gasteiger partial charge on any atom is 0.210 e. The van der Waals surface area contributed by atoms with Gasteiger partial charge in [0, 0.05) is 23.7 Å². The molecule has 0 heterocycles.